The number of nitrogens with zero attached hydrogens (tertiary/aromatic N) is 5. The maximum Gasteiger partial charge on any atom is 0.319 e. The quantitative estimate of drug-likeness (QED) is 0.309. The molecular formula is C35H31F3N6O2. The monoisotopic (exact) mass is 624 g/mol. The molecule has 46 heavy (non-hydrogen) atoms. The number of pyridine rings is 1. The third-order valence-corrected chi connectivity index (χ3v) is 10.2. The van der Waals surface area contributed by atoms with E-state index in [9.17, 15) is 13.9 Å². The number of nitrogens with one attached hydrogen (secondary N) is 1. The van der Waals surface area contributed by atoms with Gasteiger partial charge in [-0.25, -0.2) is 13.2 Å². The van der Waals surface area contributed by atoms with Crippen LogP contribution in [-0.4, -0.2) is 81.0 Å². The molecular weight excluding hydrogens is 593 g/mol. The van der Waals surface area contributed by atoms with E-state index >= 15 is 4.39 Å². The average molecular weight is 625 g/mol. The van der Waals surface area contributed by atoms with Crippen molar-refractivity contribution in [3.8, 4) is 47.7 Å². The van der Waals surface area contributed by atoms with Gasteiger partial charge in [-0.05, 0) is 55.8 Å². The highest BCUT2D eigenvalue weighted by Gasteiger charge is 2.49. The number of terminal acetylenes is 2. The number of aromatic nitrogens is 3. The number of aromatic hydroxyl groups is 1. The third-order valence-electron chi connectivity index (χ3n) is 10.2. The second-order valence-corrected chi connectivity index (χ2v) is 13.0. The lowest BCUT2D eigenvalue weighted by Crippen LogP contribution is -2.59. The fraction of sp³-hybridized carbons (Fsp3) is 0.400. The molecule has 2 bridgehead atoms. The first-order valence-electron chi connectivity index (χ1n) is 15.5. The Labute approximate surface area is 264 Å². The van der Waals surface area contributed by atoms with Crippen molar-refractivity contribution in [3.05, 3.63) is 47.7 Å². The SMILES string of the molecule is C#Cc1c(F)ccc2cc(O)cc(-c3ncc4c(N5CC6CCC(C#C)(C5)N6)nc(OC[C@@]56CCCN5C[C@H](F)C6)nc4c3F)c12. The summed E-state index contributed by atoms with van der Waals surface area (Å²) in [7, 11) is 0. The third kappa shape index (κ3) is 4.44. The van der Waals surface area contributed by atoms with Crippen molar-refractivity contribution in [3.63, 3.8) is 0 Å². The topological polar surface area (TPSA) is 86.6 Å². The van der Waals surface area contributed by atoms with Gasteiger partial charge in [0.2, 0.25) is 0 Å². The van der Waals surface area contributed by atoms with Gasteiger partial charge < -0.3 is 14.7 Å². The molecule has 2 aromatic carbocycles. The molecule has 0 saturated carbocycles. The number of phenolic OH excluding ortho intramolecular Hbond substituents is 1. The number of halogens is 3. The molecule has 8 nitrogen and oxygen atoms in total. The standard InChI is InChI=1S/C35H31F3N6O2/c1-3-24-27(37)7-6-20-12-23(45)13-25(28(20)24)30-29(38)31-26(15-39-30)32(43-17-22-8-10-34(4-2,18-43)42-22)41-33(40-31)46-19-35-9-5-11-44(35)16-21(36)14-35/h1-2,6-7,12-13,15,21-22,42,45H,5,8-11,14,16-19H2/t21-,22?,34?,35+/m1/s1. The number of anilines is 1. The van der Waals surface area contributed by atoms with Crippen molar-refractivity contribution in [1.29, 1.82) is 0 Å². The number of hydrogen-bond acceptors (Lipinski definition) is 8. The maximum absolute atomic E-state index is 16.8. The number of hydrogen-bond donors (Lipinski definition) is 2. The van der Waals surface area contributed by atoms with Gasteiger partial charge in [-0.3, -0.25) is 15.2 Å². The van der Waals surface area contributed by atoms with Crippen molar-refractivity contribution < 1.29 is 23.0 Å². The van der Waals surface area contributed by atoms with Crippen LogP contribution in [0.2, 0.25) is 0 Å². The number of fused-ring (bicyclic) bond motifs is 5. The number of alkyl halides is 1. The van der Waals surface area contributed by atoms with Crippen LogP contribution >= 0.6 is 0 Å². The number of phenols is 1. The molecule has 2 aromatic heterocycles. The highest BCUT2D eigenvalue weighted by molar-refractivity contribution is 6.03. The Morgan fingerprint density at radius 1 is 1.15 bits per heavy atom. The zero-order chi connectivity index (χ0) is 31.8. The first-order valence-corrected chi connectivity index (χ1v) is 15.5. The van der Waals surface area contributed by atoms with Crippen molar-refractivity contribution >= 4 is 27.5 Å². The summed E-state index contributed by atoms with van der Waals surface area (Å²) >= 11 is 0. The smallest absolute Gasteiger partial charge is 0.319 e. The molecule has 0 radical (unpaired) electrons. The van der Waals surface area contributed by atoms with Gasteiger partial charge in [0.15, 0.2) is 5.82 Å². The van der Waals surface area contributed by atoms with E-state index in [0.29, 0.717) is 42.6 Å². The second-order valence-electron chi connectivity index (χ2n) is 13.0. The van der Waals surface area contributed by atoms with Crippen LogP contribution in [0.15, 0.2) is 30.5 Å². The second kappa shape index (κ2) is 10.5. The van der Waals surface area contributed by atoms with Crippen LogP contribution < -0.4 is 15.0 Å². The van der Waals surface area contributed by atoms with E-state index in [1.54, 1.807) is 0 Å². The summed E-state index contributed by atoms with van der Waals surface area (Å²) < 4.78 is 52.4. The van der Waals surface area contributed by atoms with E-state index < -0.39 is 28.9 Å². The molecule has 0 spiro atoms. The van der Waals surface area contributed by atoms with Crippen LogP contribution in [0.5, 0.6) is 11.8 Å². The van der Waals surface area contributed by atoms with Gasteiger partial charge in [0.1, 0.15) is 41.4 Å². The molecule has 4 fully saturated rings. The minimum absolute atomic E-state index is 0.0427. The summed E-state index contributed by atoms with van der Waals surface area (Å²) in [6, 6.07) is 5.50. The van der Waals surface area contributed by atoms with Gasteiger partial charge in [-0.15, -0.1) is 12.8 Å². The van der Waals surface area contributed by atoms with E-state index in [4.69, 9.17) is 22.6 Å². The van der Waals surface area contributed by atoms with Gasteiger partial charge in [0.05, 0.1) is 22.0 Å². The number of piperazine rings is 1. The number of rotatable bonds is 5. The van der Waals surface area contributed by atoms with E-state index in [2.05, 4.69) is 32.0 Å². The van der Waals surface area contributed by atoms with E-state index in [0.717, 1.165) is 32.2 Å². The molecule has 2 unspecified atom stereocenters. The Bertz CT molecular complexity index is 2010. The van der Waals surface area contributed by atoms with Crippen LogP contribution in [0.4, 0.5) is 19.0 Å². The average Bonchev–Trinajstić information content (AvgIpc) is 3.68. The summed E-state index contributed by atoms with van der Waals surface area (Å²) in [5.41, 5.74) is -1.18. The van der Waals surface area contributed by atoms with Gasteiger partial charge in [0, 0.05) is 49.2 Å². The molecule has 2 N–H and O–H groups in total. The fourth-order valence-electron chi connectivity index (χ4n) is 8.11. The van der Waals surface area contributed by atoms with Crippen LogP contribution in [-0.2, 0) is 0 Å². The minimum atomic E-state index is -0.936. The lowest BCUT2D eigenvalue weighted by molar-refractivity contribution is 0.107. The van der Waals surface area contributed by atoms with Crippen molar-refractivity contribution in [1.82, 2.24) is 25.2 Å². The van der Waals surface area contributed by atoms with E-state index in [1.807, 2.05) is 4.90 Å². The number of ether oxygens (including phenoxy) is 1. The Morgan fingerprint density at radius 3 is 2.85 bits per heavy atom. The predicted octanol–water partition coefficient (Wildman–Crippen LogP) is 4.71. The van der Waals surface area contributed by atoms with E-state index in [1.165, 1.54) is 30.5 Å². The molecule has 4 aromatic rings. The molecule has 0 aliphatic carbocycles. The Morgan fingerprint density at radius 2 is 2.02 bits per heavy atom. The maximum atomic E-state index is 16.8. The fourth-order valence-corrected chi connectivity index (χ4v) is 8.11. The van der Waals surface area contributed by atoms with Gasteiger partial charge >= 0.3 is 6.01 Å². The molecule has 4 aliphatic rings. The Kier molecular flexibility index (Phi) is 6.58. The molecule has 11 heteroatoms. The van der Waals surface area contributed by atoms with Crippen LogP contribution in [0, 0.1) is 36.3 Å². The van der Waals surface area contributed by atoms with Gasteiger partial charge in [-0.2, -0.15) is 9.97 Å². The highest BCUT2D eigenvalue weighted by Crippen LogP contribution is 2.42. The Balaban J connectivity index is 1.29. The summed E-state index contributed by atoms with van der Waals surface area (Å²) in [6.45, 7) is 2.36. The lowest BCUT2D eigenvalue weighted by Gasteiger charge is -2.39. The normalized spacial score (nSPS) is 27.2. The molecule has 234 valence electrons. The van der Waals surface area contributed by atoms with Crippen molar-refractivity contribution in [2.24, 2.45) is 0 Å². The number of benzene rings is 2. The first kappa shape index (κ1) is 28.9. The summed E-state index contributed by atoms with van der Waals surface area (Å²) in [6.07, 6.45) is 16.0. The van der Waals surface area contributed by atoms with Crippen LogP contribution in [0.3, 0.4) is 0 Å². The van der Waals surface area contributed by atoms with Crippen molar-refractivity contribution in [2.75, 3.05) is 37.7 Å². The van der Waals surface area contributed by atoms with Crippen LogP contribution in [0.25, 0.3) is 32.9 Å². The largest absolute Gasteiger partial charge is 0.508 e. The summed E-state index contributed by atoms with van der Waals surface area (Å²) in [5.74, 6) is 4.08. The Hall–Kier alpha value is -4.58. The van der Waals surface area contributed by atoms with Crippen molar-refractivity contribution in [2.45, 2.75) is 55.4 Å². The zero-order valence-corrected chi connectivity index (χ0v) is 25.0. The lowest BCUT2D eigenvalue weighted by atomic mass is 9.95. The zero-order valence-electron chi connectivity index (χ0n) is 25.0. The molecule has 4 atom stereocenters. The highest BCUT2D eigenvalue weighted by atomic mass is 19.1. The van der Waals surface area contributed by atoms with Crippen LogP contribution in [0.1, 0.15) is 37.7 Å². The molecule has 8 rings (SSSR count). The predicted molar refractivity (Wildman–Crippen MR) is 168 cm³/mol. The first-order chi connectivity index (χ1) is 22.2. The van der Waals surface area contributed by atoms with Gasteiger partial charge in [-0.1, -0.05) is 17.9 Å². The molecule has 4 aliphatic heterocycles. The summed E-state index contributed by atoms with van der Waals surface area (Å²) in [5, 5.41) is 15.1. The van der Waals surface area contributed by atoms with E-state index in [-0.39, 0.29) is 52.1 Å². The molecule has 0 amide bonds. The molecule has 6 heterocycles. The minimum Gasteiger partial charge on any atom is -0.508 e. The summed E-state index contributed by atoms with van der Waals surface area (Å²) in [4.78, 5) is 18.0. The van der Waals surface area contributed by atoms with Gasteiger partial charge in [0.25, 0.3) is 0 Å². The molecule has 4 saturated heterocycles.